The van der Waals surface area contributed by atoms with Gasteiger partial charge < -0.3 is 36.0 Å². The minimum absolute atomic E-state index is 0.0402. The number of rotatable bonds is 14. The van der Waals surface area contributed by atoms with Crippen LogP contribution in [0.5, 0.6) is 0 Å². The van der Waals surface area contributed by atoms with Gasteiger partial charge in [0, 0.05) is 36.2 Å². The van der Waals surface area contributed by atoms with Gasteiger partial charge in [0.2, 0.25) is 5.52 Å². The second kappa shape index (κ2) is 13.8. The van der Waals surface area contributed by atoms with Crippen LogP contribution >= 0.6 is 34.7 Å². The van der Waals surface area contributed by atoms with Gasteiger partial charge in [-0.25, -0.2) is 9.78 Å². The van der Waals surface area contributed by atoms with Crippen molar-refractivity contribution in [3.05, 3.63) is 51.9 Å². The van der Waals surface area contributed by atoms with Gasteiger partial charge in [-0.15, -0.1) is 11.8 Å². The van der Waals surface area contributed by atoms with Crippen LogP contribution in [-0.2, 0) is 37.1 Å². The number of carboxylic acids is 2. The van der Waals surface area contributed by atoms with Crippen molar-refractivity contribution in [2.45, 2.75) is 37.3 Å². The summed E-state index contributed by atoms with van der Waals surface area (Å²) in [5.41, 5.74) is 7.61. The number of carboxylic acid groups (broad SMARTS) is 2. The maximum atomic E-state index is 13.3. The minimum atomic E-state index is -1.25. The third kappa shape index (κ3) is 6.75. The average molecular weight is 678 g/mol. The summed E-state index contributed by atoms with van der Waals surface area (Å²) in [5, 5.41) is 27.9. The number of nitrogens with two attached hydrogens (primary N) is 1. The van der Waals surface area contributed by atoms with Crippen molar-refractivity contribution >= 4 is 80.3 Å². The highest BCUT2D eigenvalue weighted by Gasteiger charge is 2.55. The zero-order valence-electron chi connectivity index (χ0n) is 23.9. The van der Waals surface area contributed by atoms with Crippen LogP contribution in [-0.4, -0.2) is 91.5 Å². The van der Waals surface area contributed by atoms with E-state index in [9.17, 15) is 24.3 Å². The van der Waals surface area contributed by atoms with Crippen molar-refractivity contribution in [1.29, 1.82) is 0 Å². The summed E-state index contributed by atoms with van der Waals surface area (Å²) in [5.74, 6) is -3.54. The molecule has 45 heavy (non-hydrogen) atoms. The van der Waals surface area contributed by atoms with E-state index in [0.717, 1.165) is 41.9 Å². The molecule has 1 saturated heterocycles. The predicted molar refractivity (Wildman–Crippen MR) is 167 cm³/mol. The number of aliphatic carboxylic acids is 2. The number of hydrogen-bond donors (Lipinski definition) is 5. The molecular formula is C27H30ClN8O7S2+. The van der Waals surface area contributed by atoms with Crippen LogP contribution in [0.1, 0.15) is 18.5 Å². The third-order valence-electron chi connectivity index (χ3n) is 7.14. The summed E-state index contributed by atoms with van der Waals surface area (Å²) in [6.07, 6.45) is 4.46. The quantitative estimate of drug-likeness (QED) is 0.0532. The Morgan fingerprint density at radius 3 is 2.80 bits per heavy atom. The normalized spacial score (nSPS) is 18.1. The molecule has 0 radical (unpaired) electrons. The number of hydrogen-bond acceptors (Lipinski definition) is 11. The number of nitrogen functional groups attached to an aromatic ring is 1. The Morgan fingerprint density at radius 1 is 1.31 bits per heavy atom. The number of carbonyl (C=O) groups excluding carboxylic acids is 2. The van der Waals surface area contributed by atoms with Crippen molar-refractivity contribution in [1.82, 2.24) is 25.1 Å². The van der Waals surface area contributed by atoms with E-state index in [-0.39, 0.29) is 40.4 Å². The van der Waals surface area contributed by atoms with Crippen LogP contribution in [0.3, 0.4) is 0 Å². The lowest BCUT2D eigenvalue weighted by Crippen LogP contribution is -2.71. The summed E-state index contributed by atoms with van der Waals surface area (Å²) in [6, 6.07) is 4.84. The van der Waals surface area contributed by atoms with E-state index >= 15 is 0 Å². The predicted octanol–water partition coefficient (Wildman–Crippen LogP) is 0.865. The SMILES string of the molecule is CNCCCn1ccc2c1ccc[n+]2CC1=C(C(=O)O)N2C(=O)C(NC(=O)/C(=N\OCCC(=O)O)c3nc(N)sc3Cl)C2SC1. The standard InChI is InChI=1S/C27H29ClN8O7S2/c1-30-7-3-9-34-10-5-16-15(34)4-2-8-35(16)12-14-13-44-25-20(24(40)36(25)21(14)26(41)42)31-23(39)19(33-43-11-6-17(37)38)18-22(28)45-27(29)32-18/h2,4-5,8,10,20,25,30H,3,6-7,9,11-13H2,1H3,(H4-,29,31,32,37,38,39,41,42)/p+1/b33-19-. The van der Waals surface area contributed by atoms with E-state index in [1.165, 1.54) is 16.7 Å². The molecule has 0 saturated carbocycles. The van der Waals surface area contributed by atoms with Gasteiger partial charge in [-0.3, -0.25) is 19.3 Å². The van der Waals surface area contributed by atoms with Gasteiger partial charge in [0.05, 0.1) is 6.42 Å². The van der Waals surface area contributed by atoms with Crippen LogP contribution in [0.2, 0.25) is 4.34 Å². The topological polar surface area (TPSA) is 205 Å². The van der Waals surface area contributed by atoms with Gasteiger partial charge in [-0.1, -0.05) is 28.1 Å². The number of nitrogens with one attached hydrogen (secondary N) is 2. The third-order valence-corrected chi connectivity index (χ3v) is 9.57. The fourth-order valence-corrected chi connectivity index (χ4v) is 7.36. The average Bonchev–Trinajstić information content (AvgIpc) is 3.57. The Balaban J connectivity index is 1.35. The van der Waals surface area contributed by atoms with Crippen LogP contribution in [0, 0.1) is 0 Å². The molecule has 18 heteroatoms. The molecule has 5 heterocycles. The number of anilines is 1. The highest BCUT2D eigenvalue weighted by Crippen LogP contribution is 2.40. The number of nitrogens with zero attached hydrogens (tertiary/aromatic N) is 5. The van der Waals surface area contributed by atoms with Crippen LogP contribution in [0.15, 0.2) is 47.0 Å². The van der Waals surface area contributed by atoms with E-state index in [1.54, 1.807) is 0 Å². The zero-order valence-corrected chi connectivity index (χ0v) is 26.3. The van der Waals surface area contributed by atoms with E-state index in [0.29, 0.717) is 11.3 Å². The molecule has 238 valence electrons. The lowest BCUT2D eigenvalue weighted by atomic mass is 10.0. The number of thiazole rings is 1. The van der Waals surface area contributed by atoms with E-state index in [2.05, 4.69) is 25.3 Å². The minimum Gasteiger partial charge on any atom is -0.481 e. The first-order chi connectivity index (χ1) is 21.6. The van der Waals surface area contributed by atoms with E-state index in [1.807, 2.05) is 42.2 Å². The number of oxime groups is 1. The maximum absolute atomic E-state index is 13.3. The van der Waals surface area contributed by atoms with E-state index < -0.39 is 40.9 Å². The number of β-lactam (4-membered cyclic amide) rings is 1. The van der Waals surface area contributed by atoms with Crippen LogP contribution in [0.4, 0.5) is 5.13 Å². The second-order valence-electron chi connectivity index (χ2n) is 10.1. The summed E-state index contributed by atoms with van der Waals surface area (Å²) in [7, 11) is 1.91. The number of thioether (sulfide) groups is 1. The molecule has 2 aliphatic rings. The molecule has 0 spiro atoms. The van der Waals surface area contributed by atoms with Crippen molar-refractivity contribution in [3.8, 4) is 0 Å². The molecule has 3 aromatic heterocycles. The first-order valence-electron chi connectivity index (χ1n) is 13.8. The van der Waals surface area contributed by atoms with Gasteiger partial charge >= 0.3 is 11.9 Å². The molecule has 6 N–H and O–H groups in total. The van der Waals surface area contributed by atoms with Crippen molar-refractivity contribution in [2.24, 2.45) is 5.16 Å². The molecule has 1 fully saturated rings. The Hall–Kier alpha value is -4.19. The maximum Gasteiger partial charge on any atom is 0.352 e. The van der Waals surface area contributed by atoms with E-state index in [4.69, 9.17) is 27.3 Å². The first-order valence-corrected chi connectivity index (χ1v) is 16.0. The molecule has 15 nitrogen and oxygen atoms in total. The molecule has 2 unspecified atom stereocenters. The Bertz CT molecular complexity index is 1720. The fourth-order valence-electron chi connectivity index (χ4n) is 5.09. The van der Waals surface area contributed by atoms with Gasteiger partial charge in [0.25, 0.3) is 11.8 Å². The van der Waals surface area contributed by atoms with Crippen LogP contribution < -0.4 is 20.9 Å². The number of carbonyl (C=O) groups is 4. The van der Waals surface area contributed by atoms with Gasteiger partial charge in [-0.05, 0) is 26.1 Å². The summed E-state index contributed by atoms with van der Waals surface area (Å²) < 4.78 is 4.15. The van der Waals surface area contributed by atoms with Crippen LogP contribution in [0.25, 0.3) is 11.0 Å². The number of pyridine rings is 1. The molecule has 0 aliphatic carbocycles. The second-order valence-corrected chi connectivity index (χ2v) is 12.8. The largest absolute Gasteiger partial charge is 0.481 e. The Morgan fingerprint density at radius 2 is 2.11 bits per heavy atom. The summed E-state index contributed by atoms with van der Waals surface area (Å²) in [4.78, 5) is 60.1. The molecule has 2 atom stereocenters. The summed E-state index contributed by atoms with van der Waals surface area (Å²) >= 11 is 8.40. The lowest BCUT2D eigenvalue weighted by Gasteiger charge is -2.49. The Kier molecular flexibility index (Phi) is 9.91. The lowest BCUT2D eigenvalue weighted by molar-refractivity contribution is -0.663. The molecule has 0 bridgehead atoms. The smallest absolute Gasteiger partial charge is 0.352 e. The molecule has 2 aliphatic heterocycles. The van der Waals surface area contributed by atoms with Crippen molar-refractivity contribution < 1.29 is 38.8 Å². The monoisotopic (exact) mass is 677 g/mol. The van der Waals surface area contributed by atoms with Gasteiger partial charge in [-0.2, -0.15) is 4.57 Å². The number of fused-ring (bicyclic) bond motifs is 2. The fraction of sp³-hybridized carbons (Fsp3) is 0.370. The van der Waals surface area contributed by atoms with Crippen molar-refractivity contribution in [2.75, 3.05) is 31.7 Å². The Labute approximate surface area is 269 Å². The number of amides is 2. The number of aromatic nitrogens is 3. The molecule has 2 amide bonds. The molecule has 5 rings (SSSR count). The summed E-state index contributed by atoms with van der Waals surface area (Å²) in [6.45, 7) is 1.63. The highest BCUT2D eigenvalue weighted by molar-refractivity contribution is 8.00. The van der Waals surface area contributed by atoms with Gasteiger partial charge in [0.1, 0.15) is 39.3 Å². The van der Waals surface area contributed by atoms with Gasteiger partial charge in [0.15, 0.2) is 23.6 Å². The molecule has 0 aromatic carbocycles. The number of halogens is 1. The molecule has 3 aromatic rings. The first kappa shape index (κ1) is 32.2. The molecular weight excluding hydrogens is 648 g/mol. The van der Waals surface area contributed by atoms with Crippen molar-refractivity contribution in [3.63, 3.8) is 0 Å². The zero-order chi connectivity index (χ0) is 32.2. The number of aryl methyl sites for hydroxylation is 1. The highest BCUT2D eigenvalue weighted by atomic mass is 35.5.